The Bertz CT molecular complexity index is 1050. The van der Waals surface area contributed by atoms with Crippen molar-refractivity contribution in [2.75, 3.05) is 26.6 Å². The van der Waals surface area contributed by atoms with Crippen molar-refractivity contribution in [2.45, 2.75) is 30.6 Å². The molecule has 164 valence electrons. The standard InChI is InChI=1S/C23H26ClN3O3S/c1-29-12-11-27-20-10-7-17(24)13-19(20)25-23(27)31-14-21(28)26-22(15-3-4-15)16-5-8-18(30-2)9-6-16/h5-10,13,15,22H,3-4,11-12,14H2,1-2H3,(H,26,28). The van der Waals surface area contributed by atoms with Gasteiger partial charge in [0.1, 0.15) is 5.75 Å². The second-order valence-corrected chi connectivity index (χ2v) is 9.00. The molecular weight excluding hydrogens is 434 g/mol. The lowest BCUT2D eigenvalue weighted by atomic mass is 10.0. The van der Waals surface area contributed by atoms with E-state index in [0.717, 1.165) is 40.3 Å². The number of benzene rings is 2. The summed E-state index contributed by atoms with van der Waals surface area (Å²) < 4.78 is 12.6. The van der Waals surface area contributed by atoms with Gasteiger partial charge in [-0.3, -0.25) is 4.79 Å². The van der Waals surface area contributed by atoms with E-state index in [4.69, 9.17) is 26.1 Å². The summed E-state index contributed by atoms with van der Waals surface area (Å²) in [7, 11) is 3.33. The number of halogens is 1. The number of aromatic nitrogens is 2. The van der Waals surface area contributed by atoms with Crippen molar-refractivity contribution in [1.29, 1.82) is 0 Å². The number of nitrogens with one attached hydrogen (secondary N) is 1. The molecule has 1 aliphatic rings. The molecule has 1 saturated carbocycles. The molecule has 1 aliphatic carbocycles. The largest absolute Gasteiger partial charge is 0.497 e. The van der Waals surface area contributed by atoms with Crippen LogP contribution in [0.3, 0.4) is 0 Å². The monoisotopic (exact) mass is 459 g/mol. The Balaban J connectivity index is 1.45. The Morgan fingerprint density at radius 2 is 2.03 bits per heavy atom. The minimum absolute atomic E-state index is 0.00102. The molecular formula is C23H26ClN3O3S. The van der Waals surface area contributed by atoms with Gasteiger partial charge < -0.3 is 19.4 Å². The lowest BCUT2D eigenvalue weighted by Crippen LogP contribution is -2.31. The zero-order chi connectivity index (χ0) is 21.8. The number of fused-ring (bicyclic) bond motifs is 1. The van der Waals surface area contributed by atoms with Crippen LogP contribution < -0.4 is 10.1 Å². The first-order chi connectivity index (χ1) is 15.1. The summed E-state index contributed by atoms with van der Waals surface area (Å²) in [5.74, 6) is 1.61. The van der Waals surface area contributed by atoms with Crippen LogP contribution in [-0.2, 0) is 16.1 Å². The average Bonchev–Trinajstić information content (AvgIpc) is 3.56. The molecule has 6 nitrogen and oxygen atoms in total. The van der Waals surface area contributed by atoms with Crippen LogP contribution in [0.2, 0.25) is 5.02 Å². The van der Waals surface area contributed by atoms with Crippen molar-refractivity contribution in [3.05, 3.63) is 53.1 Å². The third kappa shape index (κ3) is 5.34. The van der Waals surface area contributed by atoms with Gasteiger partial charge in [0.2, 0.25) is 5.91 Å². The van der Waals surface area contributed by atoms with E-state index in [1.54, 1.807) is 14.2 Å². The fourth-order valence-corrected chi connectivity index (χ4v) is 4.67. The van der Waals surface area contributed by atoms with E-state index in [-0.39, 0.29) is 11.9 Å². The number of carbonyl (C=O) groups excluding carboxylic acids is 1. The molecule has 3 aromatic rings. The highest BCUT2D eigenvalue weighted by atomic mass is 35.5. The molecule has 4 rings (SSSR count). The number of methoxy groups -OCH3 is 2. The number of ether oxygens (including phenoxy) is 2. The van der Waals surface area contributed by atoms with Crippen molar-refractivity contribution in [2.24, 2.45) is 5.92 Å². The highest BCUT2D eigenvalue weighted by Gasteiger charge is 2.33. The maximum Gasteiger partial charge on any atom is 0.230 e. The second kappa shape index (κ2) is 9.94. The van der Waals surface area contributed by atoms with Gasteiger partial charge in [-0.25, -0.2) is 4.98 Å². The average molecular weight is 460 g/mol. The normalized spacial score (nSPS) is 14.5. The van der Waals surface area contributed by atoms with E-state index in [1.807, 2.05) is 42.5 Å². The minimum Gasteiger partial charge on any atom is -0.497 e. The number of rotatable bonds is 10. The number of amides is 1. The predicted molar refractivity (Wildman–Crippen MR) is 124 cm³/mol. The molecule has 0 spiro atoms. The molecule has 0 radical (unpaired) electrons. The number of nitrogens with zero attached hydrogens (tertiary/aromatic N) is 2. The van der Waals surface area contributed by atoms with E-state index in [9.17, 15) is 4.79 Å². The van der Waals surface area contributed by atoms with Crippen molar-refractivity contribution in [3.8, 4) is 5.75 Å². The fraction of sp³-hybridized carbons (Fsp3) is 0.391. The molecule has 1 aromatic heterocycles. The summed E-state index contributed by atoms with van der Waals surface area (Å²) >= 11 is 7.56. The van der Waals surface area contributed by atoms with Crippen molar-refractivity contribution < 1.29 is 14.3 Å². The second-order valence-electron chi connectivity index (χ2n) is 7.62. The van der Waals surface area contributed by atoms with Gasteiger partial charge in [-0.1, -0.05) is 35.5 Å². The van der Waals surface area contributed by atoms with Crippen LogP contribution >= 0.6 is 23.4 Å². The number of carbonyl (C=O) groups is 1. The fourth-order valence-electron chi connectivity index (χ4n) is 3.65. The molecule has 0 saturated heterocycles. The van der Waals surface area contributed by atoms with E-state index >= 15 is 0 Å². The zero-order valence-corrected chi connectivity index (χ0v) is 19.2. The van der Waals surface area contributed by atoms with E-state index in [2.05, 4.69) is 9.88 Å². The summed E-state index contributed by atoms with van der Waals surface area (Å²) in [6.07, 6.45) is 2.27. The summed E-state index contributed by atoms with van der Waals surface area (Å²) in [6, 6.07) is 13.6. The van der Waals surface area contributed by atoms with Gasteiger partial charge >= 0.3 is 0 Å². The number of hydrogen-bond acceptors (Lipinski definition) is 5. The lowest BCUT2D eigenvalue weighted by Gasteiger charge is -2.19. The Hall–Kier alpha value is -2.22. The summed E-state index contributed by atoms with van der Waals surface area (Å²) in [4.78, 5) is 17.5. The Kier molecular flexibility index (Phi) is 7.05. The highest BCUT2D eigenvalue weighted by molar-refractivity contribution is 7.99. The molecule has 1 N–H and O–H groups in total. The first kappa shape index (κ1) is 22.0. The van der Waals surface area contributed by atoms with Crippen LogP contribution in [0.5, 0.6) is 5.75 Å². The van der Waals surface area contributed by atoms with Crippen LogP contribution in [0, 0.1) is 5.92 Å². The van der Waals surface area contributed by atoms with E-state index in [1.165, 1.54) is 11.8 Å². The van der Waals surface area contributed by atoms with Gasteiger partial charge in [-0.15, -0.1) is 0 Å². The number of imidazole rings is 1. The molecule has 1 fully saturated rings. The summed E-state index contributed by atoms with van der Waals surface area (Å²) in [5.41, 5.74) is 2.92. The first-order valence-electron chi connectivity index (χ1n) is 10.3. The van der Waals surface area contributed by atoms with Crippen LogP contribution in [0.1, 0.15) is 24.4 Å². The third-order valence-electron chi connectivity index (χ3n) is 5.41. The van der Waals surface area contributed by atoms with E-state index < -0.39 is 0 Å². The van der Waals surface area contributed by atoms with Crippen LogP contribution in [0.15, 0.2) is 47.6 Å². The molecule has 0 bridgehead atoms. The number of hydrogen-bond donors (Lipinski definition) is 1. The Labute approximate surface area is 191 Å². The van der Waals surface area contributed by atoms with Gasteiger partial charge in [-0.05, 0) is 54.7 Å². The Morgan fingerprint density at radius 1 is 1.26 bits per heavy atom. The highest BCUT2D eigenvalue weighted by Crippen LogP contribution is 2.41. The molecule has 2 aromatic carbocycles. The molecule has 1 atom stereocenters. The Morgan fingerprint density at radius 3 is 2.71 bits per heavy atom. The molecule has 8 heteroatoms. The molecule has 1 unspecified atom stereocenters. The van der Waals surface area contributed by atoms with Gasteiger partial charge in [0, 0.05) is 18.7 Å². The lowest BCUT2D eigenvalue weighted by molar-refractivity contribution is -0.119. The molecule has 31 heavy (non-hydrogen) atoms. The van der Waals surface area contributed by atoms with E-state index in [0.29, 0.717) is 29.8 Å². The quantitative estimate of drug-likeness (QED) is 0.445. The molecule has 1 heterocycles. The smallest absolute Gasteiger partial charge is 0.230 e. The topological polar surface area (TPSA) is 65.4 Å². The van der Waals surface area contributed by atoms with Gasteiger partial charge in [0.05, 0.1) is 36.5 Å². The predicted octanol–water partition coefficient (Wildman–Crippen LogP) is 4.70. The minimum atomic E-state index is 0.00102. The summed E-state index contributed by atoms with van der Waals surface area (Å²) in [5, 5.41) is 4.66. The van der Waals surface area contributed by atoms with Crippen molar-refractivity contribution in [1.82, 2.24) is 14.9 Å². The maximum atomic E-state index is 12.8. The van der Waals surface area contributed by atoms with Crippen molar-refractivity contribution in [3.63, 3.8) is 0 Å². The van der Waals surface area contributed by atoms with Gasteiger partial charge in [-0.2, -0.15) is 0 Å². The first-order valence-corrected chi connectivity index (χ1v) is 11.7. The van der Waals surface area contributed by atoms with Gasteiger partial charge in [0.15, 0.2) is 5.16 Å². The van der Waals surface area contributed by atoms with Crippen LogP contribution in [-0.4, -0.2) is 42.0 Å². The molecule has 0 aliphatic heterocycles. The molecule has 1 amide bonds. The maximum absolute atomic E-state index is 12.8. The van der Waals surface area contributed by atoms with Crippen LogP contribution in [0.4, 0.5) is 0 Å². The third-order valence-corrected chi connectivity index (χ3v) is 6.62. The van der Waals surface area contributed by atoms with Crippen LogP contribution in [0.25, 0.3) is 11.0 Å². The SMILES string of the molecule is COCCn1c(SCC(=O)NC(c2ccc(OC)cc2)C2CC2)nc2cc(Cl)ccc21. The van der Waals surface area contributed by atoms with Crippen molar-refractivity contribution >= 4 is 40.3 Å². The van der Waals surface area contributed by atoms with Gasteiger partial charge in [0.25, 0.3) is 0 Å². The summed E-state index contributed by atoms with van der Waals surface area (Å²) in [6.45, 7) is 1.23. The number of thioether (sulfide) groups is 1. The zero-order valence-electron chi connectivity index (χ0n) is 17.6.